The molecule has 136 valence electrons. The minimum atomic E-state index is -0.0963. The molecule has 0 amide bonds. The summed E-state index contributed by atoms with van der Waals surface area (Å²) in [6, 6.07) is 3.90. The van der Waals surface area contributed by atoms with E-state index in [-0.39, 0.29) is 29.6 Å². The van der Waals surface area contributed by atoms with Gasteiger partial charge in [-0.1, -0.05) is 6.07 Å². The Morgan fingerprint density at radius 1 is 1.42 bits per heavy atom. The highest BCUT2D eigenvalue weighted by Gasteiger charge is 2.29. The monoisotopic (exact) mass is 448 g/mol. The van der Waals surface area contributed by atoms with Gasteiger partial charge >= 0.3 is 0 Å². The van der Waals surface area contributed by atoms with Gasteiger partial charge in [0, 0.05) is 31.5 Å². The lowest BCUT2D eigenvalue weighted by Gasteiger charge is -2.24. The molecule has 24 heavy (non-hydrogen) atoms. The van der Waals surface area contributed by atoms with Gasteiger partial charge in [-0.25, -0.2) is 9.98 Å². The number of hydrogen-bond donors (Lipinski definition) is 2. The Hall–Kier alpha value is -1.09. The number of ether oxygens (including phenoxy) is 2. The highest BCUT2D eigenvalue weighted by atomic mass is 127. The van der Waals surface area contributed by atoms with Crippen molar-refractivity contribution in [3.8, 4) is 5.88 Å². The average molecular weight is 448 g/mol. The topological polar surface area (TPSA) is 67.8 Å². The fraction of sp³-hybridized carbons (Fsp3) is 0.647. The number of nitrogens with zero attached hydrogens (tertiary/aromatic N) is 2. The van der Waals surface area contributed by atoms with E-state index in [0.29, 0.717) is 19.0 Å². The van der Waals surface area contributed by atoms with E-state index >= 15 is 0 Å². The molecule has 6 nitrogen and oxygen atoms in total. The number of nitrogens with one attached hydrogen (secondary N) is 2. The van der Waals surface area contributed by atoms with Crippen LogP contribution in [0.3, 0.4) is 0 Å². The van der Waals surface area contributed by atoms with Crippen LogP contribution in [0.15, 0.2) is 23.3 Å². The molecule has 1 aliphatic rings. The summed E-state index contributed by atoms with van der Waals surface area (Å²) in [5.74, 6) is 1.44. The summed E-state index contributed by atoms with van der Waals surface area (Å²) in [5.41, 5.74) is 0.885. The van der Waals surface area contributed by atoms with Crippen molar-refractivity contribution in [3.05, 3.63) is 23.9 Å². The third-order valence-electron chi connectivity index (χ3n) is 3.81. The Kier molecular flexibility index (Phi) is 9.35. The molecule has 1 saturated heterocycles. The number of hydrogen-bond acceptors (Lipinski definition) is 4. The summed E-state index contributed by atoms with van der Waals surface area (Å²) in [5, 5.41) is 6.65. The van der Waals surface area contributed by atoms with Crippen LogP contribution in [-0.2, 0) is 11.3 Å². The molecule has 1 aromatic heterocycles. The number of halogens is 1. The quantitative estimate of drug-likeness (QED) is 0.382. The second-order valence-electron chi connectivity index (χ2n) is 5.85. The predicted octanol–water partition coefficient (Wildman–Crippen LogP) is 2.72. The van der Waals surface area contributed by atoms with Crippen molar-refractivity contribution in [1.82, 2.24) is 15.6 Å². The third-order valence-corrected chi connectivity index (χ3v) is 3.81. The van der Waals surface area contributed by atoms with Crippen molar-refractivity contribution in [3.63, 3.8) is 0 Å². The van der Waals surface area contributed by atoms with Crippen LogP contribution in [0.25, 0.3) is 0 Å². The molecular weight excluding hydrogens is 419 g/mol. The maximum atomic E-state index is 5.81. The van der Waals surface area contributed by atoms with Crippen molar-refractivity contribution in [1.29, 1.82) is 0 Å². The van der Waals surface area contributed by atoms with Gasteiger partial charge in [0.2, 0.25) is 5.88 Å². The smallest absolute Gasteiger partial charge is 0.218 e. The van der Waals surface area contributed by atoms with Crippen LogP contribution >= 0.6 is 24.0 Å². The van der Waals surface area contributed by atoms with Gasteiger partial charge in [0.15, 0.2) is 5.96 Å². The van der Waals surface area contributed by atoms with Crippen molar-refractivity contribution < 1.29 is 9.47 Å². The van der Waals surface area contributed by atoms with Gasteiger partial charge in [-0.15, -0.1) is 24.0 Å². The van der Waals surface area contributed by atoms with E-state index in [0.717, 1.165) is 44.1 Å². The Morgan fingerprint density at radius 2 is 2.25 bits per heavy atom. The van der Waals surface area contributed by atoms with Crippen LogP contribution in [0.5, 0.6) is 5.88 Å². The van der Waals surface area contributed by atoms with Crippen LogP contribution < -0.4 is 15.4 Å². The fourth-order valence-electron chi connectivity index (χ4n) is 2.56. The van der Waals surface area contributed by atoms with E-state index in [4.69, 9.17) is 9.47 Å². The molecule has 1 unspecified atom stereocenters. The number of aromatic nitrogens is 1. The van der Waals surface area contributed by atoms with Gasteiger partial charge in [0.25, 0.3) is 0 Å². The largest absolute Gasteiger partial charge is 0.478 e. The molecule has 0 radical (unpaired) electrons. The van der Waals surface area contributed by atoms with E-state index in [1.54, 1.807) is 6.20 Å². The Balaban J connectivity index is 0.00000288. The molecule has 0 spiro atoms. The number of aliphatic imine (C=N–C) groups is 1. The van der Waals surface area contributed by atoms with Gasteiger partial charge in [-0.05, 0) is 39.7 Å². The van der Waals surface area contributed by atoms with Crippen molar-refractivity contribution in [2.24, 2.45) is 4.99 Å². The first-order valence-corrected chi connectivity index (χ1v) is 8.39. The van der Waals surface area contributed by atoms with Crippen molar-refractivity contribution >= 4 is 29.9 Å². The molecule has 1 atom stereocenters. The van der Waals surface area contributed by atoms with E-state index in [9.17, 15) is 0 Å². The third kappa shape index (κ3) is 6.43. The van der Waals surface area contributed by atoms with E-state index in [2.05, 4.69) is 34.5 Å². The lowest BCUT2D eigenvalue weighted by Crippen LogP contribution is -2.45. The molecule has 7 heteroatoms. The zero-order valence-electron chi connectivity index (χ0n) is 14.8. The van der Waals surface area contributed by atoms with Crippen molar-refractivity contribution in [2.45, 2.75) is 45.8 Å². The summed E-state index contributed by atoms with van der Waals surface area (Å²) in [4.78, 5) is 8.90. The maximum Gasteiger partial charge on any atom is 0.218 e. The summed E-state index contributed by atoms with van der Waals surface area (Å²) >= 11 is 0. The van der Waals surface area contributed by atoms with Gasteiger partial charge in [0.05, 0.1) is 18.8 Å². The Morgan fingerprint density at radius 3 is 2.92 bits per heavy atom. The van der Waals surface area contributed by atoms with E-state index in [1.165, 1.54) is 0 Å². The highest BCUT2D eigenvalue weighted by Crippen LogP contribution is 2.23. The first-order chi connectivity index (χ1) is 11.2. The minimum absolute atomic E-state index is 0. The van der Waals surface area contributed by atoms with Gasteiger partial charge in [-0.3, -0.25) is 0 Å². The molecule has 2 rings (SSSR count). The lowest BCUT2D eigenvalue weighted by atomic mass is 10.0. The highest BCUT2D eigenvalue weighted by molar-refractivity contribution is 14.0. The first-order valence-electron chi connectivity index (χ1n) is 8.39. The van der Waals surface area contributed by atoms with Crippen LogP contribution in [0.4, 0.5) is 0 Å². The lowest BCUT2D eigenvalue weighted by molar-refractivity contribution is 0.0243. The van der Waals surface area contributed by atoms with Gasteiger partial charge in [0.1, 0.15) is 0 Å². The second-order valence-corrected chi connectivity index (χ2v) is 5.85. The molecule has 1 fully saturated rings. The normalized spacial score (nSPS) is 20.4. The maximum absolute atomic E-state index is 5.81. The average Bonchev–Trinajstić information content (AvgIpc) is 2.99. The molecule has 1 aliphatic heterocycles. The molecular formula is C17H29IN4O2. The van der Waals surface area contributed by atoms with Crippen molar-refractivity contribution in [2.75, 3.05) is 26.3 Å². The zero-order valence-corrected chi connectivity index (χ0v) is 17.1. The summed E-state index contributed by atoms with van der Waals surface area (Å²) in [7, 11) is 0. The van der Waals surface area contributed by atoms with E-state index < -0.39 is 0 Å². The summed E-state index contributed by atoms with van der Waals surface area (Å²) in [6.07, 6.45) is 3.94. The number of guanidine groups is 1. The Bertz CT molecular complexity index is 519. The van der Waals surface area contributed by atoms with E-state index in [1.807, 2.05) is 19.1 Å². The minimum Gasteiger partial charge on any atom is -0.478 e. The predicted molar refractivity (Wildman–Crippen MR) is 107 cm³/mol. The standard InChI is InChI=1S/C17H28N4O2.HI/c1-4-18-16(21-13-17(3)9-7-11-23-17)20-12-14-8-6-10-19-15(14)22-5-2;/h6,8,10H,4-5,7,9,11-13H2,1-3H3,(H2,18,20,21);1H. The molecule has 0 bridgehead atoms. The second kappa shape index (κ2) is 10.7. The molecule has 2 N–H and O–H groups in total. The van der Waals surface area contributed by atoms with Crippen LogP contribution in [0.1, 0.15) is 39.2 Å². The molecule has 2 heterocycles. The molecule has 0 saturated carbocycles. The van der Waals surface area contributed by atoms with Crippen LogP contribution in [0.2, 0.25) is 0 Å². The molecule has 0 aromatic carbocycles. The van der Waals surface area contributed by atoms with Crippen LogP contribution in [-0.4, -0.2) is 42.8 Å². The summed E-state index contributed by atoms with van der Waals surface area (Å²) in [6.45, 7) is 9.69. The fourth-order valence-corrected chi connectivity index (χ4v) is 2.56. The number of pyridine rings is 1. The zero-order chi connectivity index (χ0) is 16.5. The van der Waals surface area contributed by atoms with Gasteiger partial charge < -0.3 is 20.1 Å². The summed E-state index contributed by atoms with van der Waals surface area (Å²) < 4.78 is 11.4. The SMILES string of the molecule is CCNC(=NCc1cccnc1OCC)NCC1(C)CCCO1.I. The first kappa shape index (κ1) is 21.0. The molecule has 1 aromatic rings. The molecule has 0 aliphatic carbocycles. The van der Waals surface area contributed by atoms with Gasteiger partial charge in [-0.2, -0.15) is 0 Å². The van der Waals surface area contributed by atoms with Crippen LogP contribution in [0, 0.1) is 0 Å². The Labute approximate surface area is 161 Å². The number of rotatable bonds is 7.